The molecule has 5 aliphatic rings. The number of thioether (sulfide) groups is 2. The van der Waals surface area contributed by atoms with Crippen LogP contribution in [0.5, 0.6) is 0 Å². The van der Waals surface area contributed by atoms with E-state index in [1.807, 2.05) is 34.7 Å². The van der Waals surface area contributed by atoms with Gasteiger partial charge in [-0.1, -0.05) is 27.7 Å². The van der Waals surface area contributed by atoms with Crippen molar-refractivity contribution in [1.82, 2.24) is 9.80 Å². The van der Waals surface area contributed by atoms with Crippen molar-refractivity contribution in [1.29, 1.82) is 0 Å². The van der Waals surface area contributed by atoms with Crippen molar-refractivity contribution in [2.45, 2.75) is 81.4 Å². The molecule has 3 saturated heterocycles. The van der Waals surface area contributed by atoms with Crippen molar-refractivity contribution in [3.8, 4) is 0 Å². The molecule has 0 aromatic heterocycles. The summed E-state index contributed by atoms with van der Waals surface area (Å²) in [5, 5.41) is 10.3. The van der Waals surface area contributed by atoms with Gasteiger partial charge in [-0.3, -0.25) is 24.2 Å². The van der Waals surface area contributed by atoms with Crippen molar-refractivity contribution in [2.75, 3.05) is 13.7 Å². The third-order valence-electron chi connectivity index (χ3n) is 7.32. The number of carboxylic acid groups (broad SMARTS) is 1. The average molecular weight is 479 g/mol. The lowest BCUT2D eigenvalue weighted by Crippen LogP contribution is -2.66. The first kappa shape index (κ1) is 22.7. The maximum atomic E-state index is 13.8. The first-order valence-electron chi connectivity index (χ1n) is 11.4. The molecule has 174 valence electrons. The maximum Gasteiger partial charge on any atom is 0.308 e. The third kappa shape index (κ3) is 3.19. The molecule has 32 heavy (non-hydrogen) atoms. The highest BCUT2D eigenvalue weighted by Crippen LogP contribution is 2.52. The first-order chi connectivity index (χ1) is 15.1. The summed E-state index contributed by atoms with van der Waals surface area (Å²) >= 11 is 2.94. The second-order valence-corrected chi connectivity index (χ2v) is 13.1. The van der Waals surface area contributed by atoms with Crippen molar-refractivity contribution < 1.29 is 24.2 Å². The standard InChI is InChI=1S/C23H30N2O5S2/c1-9(2)31-20-18(26)11-6-13-17-12(23(28)29)7-14(24(17)5)22-25(13)15(8-30-22)16(11)19(27)21(20)32-10(3)4/h9-10,12-15,17,22H,6-8H2,1-5H3,(H,28,29)/t12-,13+,14+,15+,17-,22-/m1/s1. The van der Waals surface area contributed by atoms with E-state index in [1.54, 1.807) is 0 Å². The van der Waals surface area contributed by atoms with Crippen molar-refractivity contribution in [2.24, 2.45) is 5.92 Å². The molecule has 0 amide bonds. The van der Waals surface area contributed by atoms with Gasteiger partial charge in [0.2, 0.25) is 0 Å². The molecule has 7 nitrogen and oxygen atoms in total. The number of Topliss-reactive ketones (excluding diaryl/α,β-unsaturated/α-hetero) is 2. The van der Waals surface area contributed by atoms with Crippen molar-refractivity contribution in [3.05, 3.63) is 21.0 Å². The zero-order valence-electron chi connectivity index (χ0n) is 19.0. The van der Waals surface area contributed by atoms with Crippen LogP contribution in [0.3, 0.4) is 0 Å². The average Bonchev–Trinajstić information content (AvgIpc) is 3.24. The van der Waals surface area contributed by atoms with Gasteiger partial charge in [0.15, 0.2) is 11.6 Å². The lowest BCUT2D eigenvalue weighted by molar-refractivity contribution is -0.144. The SMILES string of the molecule is CC(C)SC1=C(SC(C)C)C(=O)C2=C(C[C@H]3[C@H]4[C@H](C(=O)O)C[C@@H]([C@H]5OC[C@@H]2N53)N4C)C1=O. The molecule has 4 heterocycles. The Kier molecular flexibility index (Phi) is 5.65. The monoisotopic (exact) mass is 478 g/mol. The molecular formula is C23H30N2O5S2. The molecule has 3 fully saturated rings. The Labute approximate surface area is 197 Å². The fourth-order valence-corrected chi connectivity index (χ4v) is 8.33. The molecule has 0 aromatic carbocycles. The molecule has 0 saturated carbocycles. The second-order valence-electron chi connectivity index (χ2n) is 9.90. The fourth-order valence-electron chi connectivity index (χ4n) is 6.25. The lowest BCUT2D eigenvalue weighted by atomic mass is 9.77. The number of allylic oxidation sites excluding steroid dienone is 2. The Morgan fingerprint density at radius 2 is 1.69 bits per heavy atom. The predicted molar refractivity (Wildman–Crippen MR) is 124 cm³/mol. The number of likely N-dealkylation sites (N-methyl/N-ethyl adjacent to an activating group) is 1. The minimum atomic E-state index is -0.792. The summed E-state index contributed by atoms with van der Waals surface area (Å²) < 4.78 is 6.21. The quantitative estimate of drug-likeness (QED) is 0.599. The van der Waals surface area contributed by atoms with Crippen LogP contribution in [0.2, 0.25) is 0 Å². The summed E-state index contributed by atoms with van der Waals surface area (Å²) in [4.78, 5) is 45.2. The summed E-state index contributed by atoms with van der Waals surface area (Å²) in [6.45, 7) is 8.50. The Morgan fingerprint density at radius 3 is 2.28 bits per heavy atom. The number of carbonyl (C=O) groups excluding carboxylic acids is 2. The zero-order chi connectivity index (χ0) is 23.1. The highest BCUT2D eigenvalue weighted by atomic mass is 32.2. The van der Waals surface area contributed by atoms with Gasteiger partial charge in [0.05, 0.1) is 34.4 Å². The second kappa shape index (κ2) is 7.98. The molecular weight excluding hydrogens is 448 g/mol. The van der Waals surface area contributed by atoms with Crippen molar-refractivity contribution >= 4 is 41.1 Å². The number of rotatable bonds is 5. The van der Waals surface area contributed by atoms with E-state index in [4.69, 9.17) is 4.74 Å². The lowest BCUT2D eigenvalue weighted by Gasteiger charge is -2.52. The van der Waals surface area contributed by atoms with E-state index in [1.165, 1.54) is 23.5 Å². The summed E-state index contributed by atoms with van der Waals surface area (Å²) in [6.07, 6.45) is 0.710. The summed E-state index contributed by atoms with van der Waals surface area (Å²) in [5.41, 5.74) is 1.19. The summed E-state index contributed by atoms with van der Waals surface area (Å²) in [6, 6.07) is -0.611. The van der Waals surface area contributed by atoms with Crippen LogP contribution in [-0.4, -0.2) is 87.0 Å². The van der Waals surface area contributed by atoms with Gasteiger partial charge in [0.25, 0.3) is 0 Å². The van der Waals surface area contributed by atoms with Gasteiger partial charge in [0.1, 0.15) is 6.23 Å². The van der Waals surface area contributed by atoms with Gasteiger partial charge >= 0.3 is 5.97 Å². The Balaban J connectivity index is 1.59. The minimum Gasteiger partial charge on any atom is -0.481 e. The fraction of sp³-hybridized carbons (Fsp3) is 0.696. The highest BCUT2D eigenvalue weighted by molar-refractivity contribution is 8.08. The molecule has 1 N–H and O–H groups in total. The van der Waals surface area contributed by atoms with E-state index in [2.05, 4.69) is 9.80 Å². The van der Waals surface area contributed by atoms with E-state index in [0.717, 1.165) is 0 Å². The molecule has 0 radical (unpaired) electrons. The summed E-state index contributed by atoms with van der Waals surface area (Å²) in [5.74, 6) is -1.36. The number of carbonyl (C=O) groups is 3. The molecule has 1 aliphatic carbocycles. The molecule has 6 atom stereocenters. The van der Waals surface area contributed by atoms with Crippen LogP contribution in [0, 0.1) is 5.92 Å². The van der Waals surface area contributed by atoms with E-state index in [-0.39, 0.29) is 52.5 Å². The van der Waals surface area contributed by atoms with Gasteiger partial charge in [-0.25, -0.2) is 0 Å². The molecule has 4 aliphatic heterocycles. The number of aliphatic carboxylic acids is 1. The van der Waals surface area contributed by atoms with Gasteiger partial charge in [-0.2, -0.15) is 0 Å². The zero-order valence-corrected chi connectivity index (χ0v) is 20.7. The predicted octanol–water partition coefficient (Wildman–Crippen LogP) is 2.52. The van der Waals surface area contributed by atoms with Crippen LogP contribution in [0.1, 0.15) is 40.5 Å². The van der Waals surface area contributed by atoms with E-state index >= 15 is 0 Å². The molecule has 2 bridgehead atoms. The summed E-state index contributed by atoms with van der Waals surface area (Å²) in [7, 11) is 1.97. The number of piperazine rings is 1. The Hall–Kier alpha value is -1.13. The topological polar surface area (TPSA) is 87.2 Å². The highest BCUT2D eigenvalue weighted by Gasteiger charge is 2.63. The van der Waals surface area contributed by atoms with Crippen LogP contribution in [-0.2, 0) is 19.1 Å². The number of hydrogen-bond donors (Lipinski definition) is 1. The van der Waals surface area contributed by atoms with Gasteiger partial charge < -0.3 is 9.84 Å². The van der Waals surface area contributed by atoms with Crippen LogP contribution >= 0.6 is 23.5 Å². The normalized spacial score (nSPS) is 37.1. The van der Waals surface area contributed by atoms with Crippen LogP contribution in [0.15, 0.2) is 21.0 Å². The number of nitrogens with zero attached hydrogens (tertiary/aromatic N) is 2. The molecule has 0 spiro atoms. The Morgan fingerprint density at radius 1 is 1.06 bits per heavy atom. The van der Waals surface area contributed by atoms with Crippen LogP contribution in [0.25, 0.3) is 0 Å². The van der Waals surface area contributed by atoms with E-state index < -0.39 is 11.9 Å². The maximum absolute atomic E-state index is 13.8. The number of ketones is 2. The number of ether oxygens (including phenoxy) is 1. The van der Waals surface area contributed by atoms with E-state index in [0.29, 0.717) is 40.4 Å². The number of hydrogen-bond acceptors (Lipinski definition) is 8. The third-order valence-corrected chi connectivity index (χ3v) is 9.64. The van der Waals surface area contributed by atoms with Crippen LogP contribution in [0.4, 0.5) is 0 Å². The first-order valence-corrected chi connectivity index (χ1v) is 13.1. The van der Waals surface area contributed by atoms with E-state index in [9.17, 15) is 19.5 Å². The van der Waals surface area contributed by atoms with Gasteiger partial charge in [-0.05, 0) is 19.9 Å². The molecule has 0 unspecified atom stereocenters. The van der Waals surface area contributed by atoms with Crippen molar-refractivity contribution in [3.63, 3.8) is 0 Å². The molecule has 0 aromatic rings. The Bertz CT molecular complexity index is 958. The minimum absolute atomic E-state index is 0.00833. The number of carboxylic acids is 1. The van der Waals surface area contributed by atoms with Gasteiger partial charge in [0, 0.05) is 33.7 Å². The molecule has 9 heteroatoms. The smallest absolute Gasteiger partial charge is 0.308 e. The molecule has 5 rings (SSSR count). The number of fused-ring (bicyclic) bond motifs is 5. The van der Waals surface area contributed by atoms with Gasteiger partial charge in [-0.15, -0.1) is 23.5 Å². The largest absolute Gasteiger partial charge is 0.481 e. The van der Waals surface area contributed by atoms with Crippen LogP contribution < -0.4 is 0 Å².